The molecule has 1 unspecified atom stereocenters. The van der Waals surface area contributed by atoms with E-state index in [9.17, 15) is 9.00 Å². The van der Waals surface area contributed by atoms with Gasteiger partial charge in [-0.25, -0.2) is 4.79 Å². The first-order chi connectivity index (χ1) is 12.4. The Balaban J connectivity index is 1.58. The van der Waals surface area contributed by atoms with Gasteiger partial charge in [0.2, 0.25) is 5.82 Å². The number of carboxylic acid groups (broad SMARTS) is 1. The molecule has 1 atom stereocenters. The van der Waals surface area contributed by atoms with Gasteiger partial charge >= 0.3 is 6.09 Å². The van der Waals surface area contributed by atoms with Gasteiger partial charge in [-0.3, -0.25) is 4.21 Å². The summed E-state index contributed by atoms with van der Waals surface area (Å²) >= 11 is 6.13. The third-order valence-corrected chi connectivity index (χ3v) is 5.52. The molecule has 0 aliphatic carbocycles. The minimum atomic E-state index is -1.17. The number of amides is 1. The van der Waals surface area contributed by atoms with E-state index in [4.69, 9.17) is 26.0 Å². The third kappa shape index (κ3) is 4.40. The highest BCUT2D eigenvalue weighted by molar-refractivity contribution is 7.84. The highest BCUT2D eigenvalue weighted by atomic mass is 35.5. The molecule has 1 aromatic heterocycles. The fourth-order valence-electron chi connectivity index (χ4n) is 2.71. The Morgan fingerprint density at radius 2 is 2.19 bits per heavy atom. The number of hydrogen-bond acceptors (Lipinski definition) is 6. The van der Waals surface area contributed by atoms with Crippen LogP contribution >= 0.6 is 11.6 Å². The van der Waals surface area contributed by atoms with Gasteiger partial charge in [0.25, 0.3) is 5.89 Å². The van der Waals surface area contributed by atoms with E-state index in [1.54, 1.807) is 24.5 Å². The summed E-state index contributed by atoms with van der Waals surface area (Å²) < 4.78 is 22.5. The zero-order chi connectivity index (χ0) is 18.7. The van der Waals surface area contributed by atoms with Crippen LogP contribution in [0.15, 0.2) is 27.6 Å². The Hall–Kier alpha value is -1.97. The number of piperidine rings is 1. The monoisotopic (exact) mass is 399 g/mol. The highest BCUT2D eigenvalue weighted by Crippen LogP contribution is 2.26. The minimum Gasteiger partial charge on any atom is -0.465 e. The van der Waals surface area contributed by atoms with Crippen LogP contribution in [0.25, 0.3) is 11.4 Å². The molecule has 0 saturated carbocycles. The number of aromatic nitrogens is 2. The second-order valence-electron chi connectivity index (χ2n) is 5.89. The van der Waals surface area contributed by atoms with Crippen molar-refractivity contribution in [1.82, 2.24) is 15.0 Å². The van der Waals surface area contributed by atoms with E-state index >= 15 is 0 Å². The Kier molecular flexibility index (Phi) is 5.90. The van der Waals surface area contributed by atoms with E-state index < -0.39 is 16.9 Å². The van der Waals surface area contributed by atoms with Gasteiger partial charge in [0.15, 0.2) is 0 Å². The summed E-state index contributed by atoms with van der Waals surface area (Å²) in [5.74, 6) is 0.708. The summed E-state index contributed by atoms with van der Waals surface area (Å²) in [5.41, 5.74) is 0.661. The number of rotatable bonds is 5. The van der Waals surface area contributed by atoms with Crippen LogP contribution in [0.1, 0.15) is 18.7 Å². The average molecular weight is 400 g/mol. The van der Waals surface area contributed by atoms with Crippen LogP contribution in [0.2, 0.25) is 5.02 Å². The van der Waals surface area contributed by atoms with Crippen LogP contribution in [0.5, 0.6) is 0 Å². The number of halogens is 1. The molecule has 1 aliphatic rings. The van der Waals surface area contributed by atoms with Crippen molar-refractivity contribution in [3.05, 3.63) is 29.1 Å². The van der Waals surface area contributed by atoms with Crippen LogP contribution in [0, 0.1) is 0 Å². The molecule has 2 aromatic rings. The van der Waals surface area contributed by atoms with Crippen molar-refractivity contribution >= 4 is 28.5 Å². The molecule has 0 radical (unpaired) electrons. The van der Waals surface area contributed by atoms with Gasteiger partial charge in [0.1, 0.15) is 6.61 Å². The van der Waals surface area contributed by atoms with Crippen molar-refractivity contribution in [3.63, 3.8) is 0 Å². The molecule has 140 valence electrons. The van der Waals surface area contributed by atoms with Crippen LogP contribution < -0.4 is 0 Å². The Morgan fingerprint density at radius 1 is 1.46 bits per heavy atom. The molecule has 1 saturated heterocycles. The number of likely N-dealkylation sites (tertiary alicyclic amines) is 1. The van der Waals surface area contributed by atoms with E-state index in [0.717, 1.165) is 0 Å². The normalized spacial score (nSPS) is 16.6. The lowest BCUT2D eigenvalue weighted by Gasteiger charge is -2.29. The molecule has 1 aliphatic heterocycles. The van der Waals surface area contributed by atoms with Crippen LogP contribution in [0.4, 0.5) is 4.79 Å². The molecule has 26 heavy (non-hydrogen) atoms. The molecule has 0 bridgehead atoms. The largest absolute Gasteiger partial charge is 0.465 e. The SMILES string of the molecule is CS(=O)c1ccc(-c2noc(COC3CCN(C(=O)O)CC3)n2)cc1Cl. The van der Waals surface area contributed by atoms with Crippen molar-refractivity contribution in [1.29, 1.82) is 0 Å². The van der Waals surface area contributed by atoms with E-state index in [-0.39, 0.29) is 12.7 Å². The summed E-state index contributed by atoms with van der Waals surface area (Å²) in [7, 11) is -1.17. The van der Waals surface area contributed by atoms with Crippen LogP contribution in [-0.4, -0.2) is 55.9 Å². The Morgan fingerprint density at radius 3 is 2.81 bits per heavy atom. The van der Waals surface area contributed by atoms with E-state index in [0.29, 0.717) is 53.1 Å². The molecule has 1 fully saturated rings. The lowest BCUT2D eigenvalue weighted by atomic mass is 10.1. The summed E-state index contributed by atoms with van der Waals surface area (Å²) in [6.45, 7) is 1.08. The number of benzene rings is 1. The standard InChI is InChI=1S/C16H18ClN3O5S/c1-26(23)13-3-2-10(8-12(13)17)15-18-14(25-19-15)9-24-11-4-6-20(7-5-11)16(21)22/h2-3,8,11H,4-7,9H2,1H3,(H,21,22). The topological polar surface area (TPSA) is 106 Å². The lowest BCUT2D eigenvalue weighted by molar-refractivity contribution is -0.00953. The molecular formula is C16H18ClN3O5S. The van der Waals surface area contributed by atoms with Gasteiger partial charge in [-0.1, -0.05) is 16.8 Å². The maximum Gasteiger partial charge on any atom is 0.407 e. The Labute approximate surface area is 157 Å². The van der Waals surface area contributed by atoms with E-state index in [1.165, 1.54) is 4.90 Å². The molecule has 1 aromatic carbocycles. The first kappa shape index (κ1) is 18.8. The zero-order valence-corrected chi connectivity index (χ0v) is 15.6. The number of hydrogen-bond donors (Lipinski definition) is 1. The zero-order valence-electron chi connectivity index (χ0n) is 14.1. The van der Waals surface area contributed by atoms with Crippen LogP contribution in [0.3, 0.4) is 0 Å². The minimum absolute atomic E-state index is 0.0331. The van der Waals surface area contributed by atoms with Crippen molar-refractivity contribution in [3.8, 4) is 11.4 Å². The quantitative estimate of drug-likeness (QED) is 0.823. The maximum atomic E-state index is 11.5. The van der Waals surface area contributed by atoms with Crippen molar-refractivity contribution in [2.24, 2.45) is 0 Å². The molecule has 1 N–H and O–H groups in total. The van der Waals surface area contributed by atoms with Gasteiger partial charge in [0, 0.05) is 24.9 Å². The Bertz CT molecular complexity index is 820. The van der Waals surface area contributed by atoms with Crippen molar-refractivity contribution < 1.29 is 23.4 Å². The number of nitrogens with zero attached hydrogens (tertiary/aromatic N) is 3. The lowest BCUT2D eigenvalue weighted by Crippen LogP contribution is -2.40. The summed E-state index contributed by atoms with van der Waals surface area (Å²) in [6.07, 6.45) is 1.90. The number of ether oxygens (including phenoxy) is 1. The maximum absolute atomic E-state index is 11.5. The van der Waals surface area contributed by atoms with Crippen LogP contribution in [-0.2, 0) is 22.1 Å². The molecule has 3 rings (SSSR count). The van der Waals surface area contributed by atoms with Crippen molar-refractivity contribution in [2.75, 3.05) is 19.3 Å². The smallest absolute Gasteiger partial charge is 0.407 e. The fourth-order valence-corrected chi connectivity index (χ4v) is 3.81. The summed E-state index contributed by atoms with van der Waals surface area (Å²) in [5, 5.41) is 13.2. The second-order valence-corrected chi connectivity index (χ2v) is 7.65. The molecule has 2 heterocycles. The van der Waals surface area contributed by atoms with Gasteiger partial charge in [-0.15, -0.1) is 0 Å². The number of carbonyl (C=O) groups is 1. The van der Waals surface area contributed by atoms with E-state index in [2.05, 4.69) is 10.1 Å². The first-order valence-electron chi connectivity index (χ1n) is 7.99. The third-order valence-electron chi connectivity index (χ3n) is 4.12. The summed E-state index contributed by atoms with van der Waals surface area (Å²) in [4.78, 5) is 17.1. The first-order valence-corrected chi connectivity index (χ1v) is 9.93. The van der Waals surface area contributed by atoms with Gasteiger partial charge in [0.05, 0.1) is 26.8 Å². The van der Waals surface area contributed by atoms with E-state index in [1.807, 2.05) is 0 Å². The highest BCUT2D eigenvalue weighted by Gasteiger charge is 2.23. The molecule has 1 amide bonds. The average Bonchev–Trinajstić information content (AvgIpc) is 3.09. The predicted molar refractivity (Wildman–Crippen MR) is 94.5 cm³/mol. The van der Waals surface area contributed by atoms with Gasteiger partial charge in [-0.05, 0) is 31.0 Å². The molecular weight excluding hydrogens is 382 g/mol. The second kappa shape index (κ2) is 8.15. The predicted octanol–water partition coefficient (Wildman–Crippen LogP) is 2.79. The molecule has 0 spiro atoms. The fraction of sp³-hybridized carbons (Fsp3) is 0.438. The van der Waals surface area contributed by atoms with Crippen molar-refractivity contribution in [2.45, 2.75) is 30.4 Å². The summed E-state index contributed by atoms with van der Waals surface area (Å²) in [6, 6.07) is 5.06. The van der Waals surface area contributed by atoms with Gasteiger partial charge in [-0.2, -0.15) is 4.98 Å². The molecule has 8 nitrogen and oxygen atoms in total. The molecule has 10 heteroatoms. The van der Waals surface area contributed by atoms with Gasteiger partial charge < -0.3 is 19.3 Å².